The van der Waals surface area contributed by atoms with Crippen molar-refractivity contribution in [1.82, 2.24) is 0 Å². The van der Waals surface area contributed by atoms with Gasteiger partial charge in [-0.3, -0.25) is 14.4 Å². The SMILES string of the molecule is CC(=O)OC[C@H]1O[C@H](OC(C)C)[C@H](C=O)[C@@H](OC(C)=O)[C@@H]1OC(C)=O. The third kappa shape index (κ3) is 6.43. The molecule has 9 heteroatoms. The number of hydrogen-bond acceptors (Lipinski definition) is 9. The van der Waals surface area contributed by atoms with E-state index in [0.717, 1.165) is 0 Å². The maximum Gasteiger partial charge on any atom is 0.303 e. The van der Waals surface area contributed by atoms with Crippen LogP contribution in [0.5, 0.6) is 0 Å². The summed E-state index contributed by atoms with van der Waals surface area (Å²) in [5, 5.41) is 0. The second kappa shape index (κ2) is 9.47. The lowest BCUT2D eigenvalue weighted by atomic mass is 9.91. The minimum atomic E-state index is -1.13. The van der Waals surface area contributed by atoms with Crippen molar-refractivity contribution in [2.75, 3.05) is 6.61 Å². The molecular weight excluding hydrogens is 336 g/mol. The summed E-state index contributed by atoms with van der Waals surface area (Å²) >= 11 is 0. The second-order valence-electron chi connectivity index (χ2n) is 5.89. The van der Waals surface area contributed by atoms with Gasteiger partial charge in [0.25, 0.3) is 0 Å². The molecule has 0 bridgehead atoms. The van der Waals surface area contributed by atoms with Crippen molar-refractivity contribution in [2.45, 2.75) is 65.3 Å². The van der Waals surface area contributed by atoms with Gasteiger partial charge < -0.3 is 28.5 Å². The third-order valence-corrected chi connectivity index (χ3v) is 3.31. The van der Waals surface area contributed by atoms with E-state index < -0.39 is 48.4 Å². The van der Waals surface area contributed by atoms with E-state index in [1.807, 2.05) is 0 Å². The van der Waals surface area contributed by atoms with Crippen LogP contribution in [0.25, 0.3) is 0 Å². The molecule has 25 heavy (non-hydrogen) atoms. The highest BCUT2D eigenvalue weighted by molar-refractivity contribution is 5.68. The normalized spacial score (nSPS) is 29.0. The maximum atomic E-state index is 11.6. The molecule has 0 N–H and O–H groups in total. The summed E-state index contributed by atoms with van der Waals surface area (Å²) < 4.78 is 26.6. The van der Waals surface area contributed by atoms with Crippen molar-refractivity contribution in [3.8, 4) is 0 Å². The highest BCUT2D eigenvalue weighted by atomic mass is 16.7. The number of aldehydes is 1. The fraction of sp³-hybridized carbons (Fsp3) is 0.750. The highest BCUT2D eigenvalue weighted by Gasteiger charge is 2.51. The van der Waals surface area contributed by atoms with Crippen LogP contribution in [-0.2, 0) is 42.9 Å². The Labute approximate surface area is 145 Å². The molecule has 5 atom stereocenters. The molecule has 0 aromatic rings. The van der Waals surface area contributed by atoms with Crippen LogP contribution in [-0.4, -0.2) is 61.5 Å². The molecule has 1 heterocycles. The van der Waals surface area contributed by atoms with E-state index in [0.29, 0.717) is 6.29 Å². The first-order chi connectivity index (χ1) is 11.6. The molecule has 0 amide bonds. The monoisotopic (exact) mass is 360 g/mol. The van der Waals surface area contributed by atoms with Crippen molar-refractivity contribution in [2.24, 2.45) is 5.92 Å². The Kier molecular flexibility index (Phi) is 7.98. The first-order valence-corrected chi connectivity index (χ1v) is 7.89. The summed E-state index contributed by atoms with van der Waals surface area (Å²) in [5.41, 5.74) is 0. The van der Waals surface area contributed by atoms with Crippen molar-refractivity contribution in [1.29, 1.82) is 0 Å². The highest BCUT2D eigenvalue weighted by Crippen LogP contribution is 2.31. The number of carbonyl (C=O) groups excluding carboxylic acids is 4. The van der Waals surface area contributed by atoms with Gasteiger partial charge in [-0.2, -0.15) is 0 Å². The Balaban J connectivity index is 3.17. The van der Waals surface area contributed by atoms with Gasteiger partial charge in [0.15, 0.2) is 18.5 Å². The van der Waals surface area contributed by atoms with Crippen LogP contribution in [0.2, 0.25) is 0 Å². The van der Waals surface area contributed by atoms with E-state index in [1.54, 1.807) is 13.8 Å². The zero-order valence-corrected chi connectivity index (χ0v) is 14.9. The smallest absolute Gasteiger partial charge is 0.303 e. The molecule has 0 aliphatic carbocycles. The quantitative estimate of drug-likeness (QED) is 0.361. The molecule has 1 saturated heterocycles. The van der Waals surface area contributed by atoms with Gasteiger partial charge in [0.05, 0.1) is 6.10 Å². The van der Waals surface area contributed by atoms with Crippen LogP contribution in [0.15, 0.2) is 0 Å². The molecule has 142 valence electrons. The molecule has 0 unspecified atom stereocenters. The number of esters is 3. The van der Waals surface area contributed by atoms with Gasteiger partial charge in [0, 0.05) is 20.8 Å². The minimum Gasteiger partial charge on any atom is -0.463 e. The summed E-state index contributed by atoms with van der Waals surface area (Å²) in [6, 6.07) is 0. The Morgan fingerprint density at radius 1 is 1.00 bits per heavy atom. The molecule has 0 aromatic heterocycles. The van der Waals surface area contributed by atoms with Crippen LogP contribution >= 0.6 is 0 Å². The fourth-order valence-corrected chi connectivity index (χ4v) is 2.46. The first kappa shape index (κ1) is 21.0. The topological polar surface area (TPSA) is 114 Å². The van der Waals surface area contributed by atoms with E-state index in [1.165, 1.54) is 20.8 Å². The molecule has 1 fully saturated rings. The molecule has 9 nitrogen and oxygen atoms in total. The summed E-state index contributed by atoms with van der Waals surface area (Å²) in [6.07, 6.45) is -4.02. The Morgan fingerprint density at radius 3 is 2.00 bits per heavy atom. The average molecular weight is 360 g/mol. The van der Waals surface area contributed by atoms with E-state index >= 15 is 0 Å². The van der Waals surface area contributed by atoms with Gasteiger partial charge >= 0.3 is 17.9 Å². The van der Waals surface area contributed by atoms with Crippen molar-refractivity contribution < 1.29 is 42.9 Å². The van der Waals surface area contributed by atoms with Gasteiger partial charge in [0.1, 0.15) is 24.9 Å². The molecule has 0 saturated carbocycles. The second-order valence-corrected chi connectivity index (χ2v) is 5.89. The van der Waals surface area contributed by atoms with Crippen molar-refractivity contribution in [3.05, 3.63) is 0 Å². The average Bonchev–Trinajstić information content (AvgIpc) is 2.46. The zero-order valence-electron chi connectivity index (χ0n) is 14.9. The van der Waals surface area contributed by atoms with Gasteiger partial charge in [-0.25, -0.2) is 0 Å². The molecule has 1 aliphatic heterocycles. The predicted molar refractivity (Wildman–Crippen MR) is 82.2 cm³/mol. The van der Waals surface area contributed by atoms with Crippen molar-refractivity contribution >= 4 is 24.2 Å². The summed E-state index contributed by atoms with van der Waals surface area (Å²) in [6.45, 7) is 6.77. The fourth-order valence-electron chi connectivity index (χ4n) is 2.46. The Morgan fingerprint density at radius 2 is 1.56 bits per heavy atom. The molecule has 1 rings (SSSR count). The Hall–Kier alpha value is -2.00. The largest absolute Gasteiger partial charge is 0.463 e. The lowest BCUT2D eigenvalue weighted by molar-refractivity contribution is -0.291. The lowest BCUT2D eigenvalue weighted by Crippen LogP contribution is -2.60. The minimum absolute atomic E-state index is 0.255. The van der Waals surface area contributed by atoms with Crippen LogP contribution in [0.4, 0.5) is 0 Å². The molecule has 0 spiro atoms. The summed E-state index contributed by atoms with van der Waals surface area (Å²) in [4.78, 5) is 45.6. The number of hydrogen-bond donors (Lipinski definition) is 0. The lowest BCUT2D eigenvalue weighted by Gasteiger charge is -2.43. The van der Waals surface area contributed by atoms with Crippen LogP contribution in [0.1, 0.15) is 34.6 Å². The molecule has 1 aliphatic rings. The zero-order chi connectivity index (χ0) is 19.1. The van der Waals surface area contributed by atoms with Gasteiger partial charge in [0.2, 0.25) is 0 Å². The Bertz CT molecular complexity index is 502. The van der Waals surface area contributed by atoms with Crippen LogP contribution < -0.4 is 0 Å². The third-order valence-electron chi connectivity index (χ3n) is 3.31. The van der Waals surface area contributed by atoms with Gasteiger partial charge in [-0.1, -0.05) is 0 Å². The number of rotatable bonds is 7. The predicted octanol–water partition coefficient (Wildman–Crippen LogP) is 0.378. The first-order valence-electron chi connectivity index (χ1n) is 7.89. The van der Waals surface area contributed by atoms with E-state index in [-0.39, 0.29) is 12.7 Å². The van der Waals surface area contributed by atoms with Gasteiger partial charge in [-0.15, -0.1) is 0 Å². The van der Waals surface area contributed by atoms with Crippen LogP contribution in [0, 0.1) is 5.92 Å². The summed E-state index contributed by atoms with van der Waals surface area (Å²) in [5.74, 6) is -2.89. The van der Waals surface area contributed by atoms with Crippen molar-refractivity contribution in [3.63, 3.8) is 0 Å². The van der Waals surface area contributed by atoms with E-state index in [9.17, 15) is 19.2 Å². The number of carbonyl (C=O) groups is 4. The molecule has 0 radical (unpaired) electrons. The maximum absolute atomic E-state index is 11.6. The summed E-state index contributed by atoms with van der Waals surface area (Å²) in [7, 11) is 0. The van der Waals surface area contributed by atoms with E-state index in [2.05, 4.69) is 0 Å². The van der Waals surface area contributed by atoms with Gasteiger partial charge in [-0.05, 0) is 13.8 Å². The molecule has 0 aromatic carbocycles. The molecular formula is C16H24O9. The standard InChI is InChI=1S/C16H24O9/c1-8(2)22-16-12(6-17)14(23-10(4)19)15(24-11(5)20)13(25-16)7-21-9(3)18/h6,8,12-16H,7H2,1-5H3/t12-,13-,14-,15-,16+/m1/s1. The number of ether oxygens (including phenoxy) is 5. The van der Waals surface area contributed by atoms with Crippen LogP contribution in [0.3, 0.4) is 0 Å². The van der Waals surface area contributed by atoms with E-state index in [4.69, 9.17) is 23.7 Å².